The number of carbonyl (C=O) groups is 1. The van der Waals surface area contributed by atoms with Crippen LogP contribution in [-0.4, -0.2) is 26.7 Å². The molecule has 0 aromatic heterocycles. The molecular weight excluding hydrogens is 242 g/mol. The Balaban J connectivity index is 2.38. The van der Waals surface area contributed by atoms with E-state index in [1.807, 2.05) is 19.2 Å². The molecule has 4 nitrogen and oxygen atoms in total. The summed E-state index contributed by atoms with van der Waals surface area (Å²) >= 11 is 0. The topological polar surface area (TPSA) is 47.6 Å². The van der Waals surface area contributed by atoms with Gasteiger partial charge in [0.05, 0.1) is 13.7 Å². The SMILES string of the molecule is CCC(NC)c1ccc(OCCCC(=O)OC)cc1. The Bertz CT molecular complexity index is 371. The summed E-state index contributed by atoms with van der Waals surface area (Å²) in [5, 5.41) is 3.27. The van der Waals surface area contributed by atoms with Crippen molar-refractivity contribution in [3.8, 4) is 5.75 Å². The number of esters is 1. The number of benzene rings is 1. The van der Waals surface area contributed by atoms with Gasteiger partial charge in [-0.15, -0.1) is 0 Å². The molecular formula is C15H23NO3. The predicted octanol–water partition coefficient (Wildman–Crippen LogP) is 2.69. The van der Waals surface area contributed by atoms with Crippen molar-refractivity contribution in [2.75, 3.05) is 20.8 Å². The lowest BCUT2D eigenvalue weighted by atomic mass is 10.1. The first kappa shape index (κ1) is 15.5. The van der Waals surface area contributed by atoms with Gasteiger partial charge in [-0.3, -0.25) is 4.79 Å². The third-order valence-corrected chi connectivity index (χ3v) is 3.06. The molecule has 0 heterocycles. The van der Waals surface area contributed by atoms with E-state index in [0.29, 0.717) is 25.5 Å². The van der Waals surface area contributed by atoms with E-state index in [1.54, 1.807) is 0 Å². The van der Waals surface area contributed by atoms with Gasteiger partial charge in [0.15, 0.2) is 0 Å². The fraction of sp³-hybridized carbons (Fsp3) is 0.533. The minimum Gasteiger partial charge on any atom is -0.494 e. The second-order valence-electron chi connectivity index (χ2n) is 4.35. The summed E-state index contributed by atoms with van der Waals surface area (Å²) in [6, 6.07) is 8.45. The maximum absolute atomic E-state index is 10.9. The zero-order chi connectivity index (χ0) is 14.1. The molecule has 0 aliphatic heterocycles. The molecule has 0 bridgehead atoms. The van der Waals surface area contributed by atoms with E-state index >= 15 is 0 Å². The molecule has 0 saturated heterocycles. The van der Waals surface area contributed by atoms with Crippen molar-refractivity contribution < 1.29 is 14.3 Å². The van der Waals surface area contributed by atoms with Crippen LogP contribution in [0, 0.1) is 0 Å². The first-order valence-corrected chi connectivity index (χ1v) is 6.68. The lowest BCUT2D eigenvalue weighted by molar-refractivity contribution is -0.140. The van der Waals surface area contributed by atoms with Gasteiger partial charge in [0.2, 0.25) is 0 Å². The van der Waals surface area contributed by atoms with Gasteiger partial charge in [-0.05, 0) is 37.6 Å². The van der Waals surface area contributed by atoms with Crippen LogP contribution in [0.1, 0.15) is 37.8 Å². The Hall–Kier alpha value is -1.55. The summed E-state index contributed by atoms with van der Waals surface area (Å²) in [5.41, 5.74) is 1.26. The molecule has 0 aliphatic rings. The Labute approximate surface area is 115 Å². The van der Waals surface area contributed by atoms with Gasteiger partial charge in [-0.1, -0.05) is 19.1 Å². The Kier molecular flexibility index (Phi) is 6.97. The second kappa shape index (κ2) is 8.53. The van der Waals surface area contributed by atoms with Gasteiger partial charge in [0, 0.05) is 12.5 Å². The maximum Gasteiger partial charge on any atom is 0.305 e. The average Bonchev–Trinajstić information content (AvgIpc) is 2.46. The molecule has 0 aliphatic carbocycles. The second-order valence-corrected chi connectivity index (χ2v) is 4.35. The molecule has 1 aromatic rings. The number of hydrogen-bond acceptors (Lipinski definition) is 4. The first-order valence-electron chi connectivity index (χ1n) is 6.68. The zero-order valence-electron chi connectivity index (χ0n) is 11.9. The van der Waals surface area contributed by atoms with Crippen LogP contribution >= 0.6 is 0 Å². The number of nitrogens with one attached hydrogen (secondary N) is 1. The Morgan fingerprint density at radius 3 is 2.53 bits per heavy atom. The summed E-state index contributed by atoms with van der Waals surface area (Å²) < 4.78 is 10.1. The quantitative estimate of drug-likeness (QED) is 0.580. The van der Waals surface area contributed by atoms with Crippen molar-refractivity contribution in [3.05, 3.63) is 29.8 Å². The van der Waals surface area contributed by atoms with E-state index in [9.17, 15) is 4.79 Å². The molecule has 1 N–H and O–H groups in total. The highest BCUT2D eigenvalue weighted by Crippen LogP contribution is 2.19. The van der Waals surface area contributed by atoms with Crippen LogP contribution in [0.5, 0.6) is 5.75 Å². The van der Waals surface area contributed by atoms with Crippen molar-refractivity contribution in [1.29, 1.82) is 0 Å². The summed E-state index contributed by atoms with van der Waals surface area (Å²) in [6.45, 7) is 2.68. The number of methoxy groups -OCH3 is 1. The Morgan fingerprint density at radius 2 is 2.00 bits per heavy atom. The van der Waals surface area contributed by atoms with Gasteiger partial charge in [0.1, 0.15) is 5.75 Å². The molecule has 4 heteroatoms. The van der Waals surface area contributed by atoms with Crippen LogP contribution in [0.3, 0.4) is 0 Å². The molecule has 106 valence electrons. The van der Waals surface area contributed by atoms with Gasteiger partial charge < -0.3 is 14.8 Å². The summed E-state index contributed by atoms with van der Waals surface area (Å²) in [7, 11) is 3.36. The van der Waals surface area contributed by atoms with Crippen LogP contribution in [0.25, 0.3) is 0 Å². The molecule has 0 radical (unpaired) electrons. The van der Waals surface area contributed by atoms with Crippen LogP contribution in [0.15, 0.2) is 24.3 Å². The van der Waals surface area contributed by atoms with Crippen molar-refractivity contribution in [1.82, 2.24) is 5.32 Å². The third-order valence-electron chi connectivity index (χ3n) is 3.06. The lowest BCUT2D eigenvalue weighted by Gasteiger charge is -2.14. The predicted molar refractivity (Wildman–Crippen MR) is 75.3 cm³/mol. The maximum atomic E-state index is 10.9. The Morgan fingerprint density at radius 1 is 1.32 bits per heavy atom. The molecule has 1 unspecified atom stereocenters. The average molecular weight is 265 g/mol. The summed E-state index contributed by atoms with van der Waals surface area (Å²) in [5.74, 6) is 0.637. The first-order chi connectivity index (χ1) is 9.21. The smallest absolute Gasteiger partial charge is 0.305 e. The number of rotatable bonds is 8. The molecule has 0 spiro atoms. The molecule has 0 amide bonds. The van der Waals surface area contributed by atoms with E-state index in [0.717, 1.165) is 12.2 Å². The molecule has 1 rings (SSSR count). The minimum absolute atomic E-state index is 0.196. The van der Waals surface area contributed by atoms with E-state index in [1.165, 1.54) is 12.7 Å². The van der Waals surface area contributed by atoms with Crippen molar-refractivity contribution in [2.45, 2.75) is 32.2 Å². The van der Waals surface area contributed by atoms with E-state index < -0.39 is 0 Å². The van der Waals surface area contributed by atoms with Crippen LogP contribution in [0.4, 0.5) is 0 Å². The molecule has 19 heavy (non-hydrogen) atoms. The lowest BCUT2D eigenvalue weighted by Crippen LogP contribution is -2.14. The van der Waals surface area contributed by atoms with Gasteiger partial charge in [-0.25, -0.2) is 0 Å². The third kappa shape index (κ3) is 5.30. The highest BCUT2D eigenvalue weighted by Gasteiger charge is 2.06. The molecule has 1 aromatic carbocycles. The van der Waals surface area contributed by atoms with Crippen LogP contribution < -0.4 is 10.1 Å². The standard InChI is InChI=1S/C15H23NO3/c1-4-14(16-2)12-7-9-13(10-8-12)19-11-5-6-15(17)18-3/h7-10,14,16H,4-6,11H2,1-3H3. The summed E-state index contributed by atoms with van der Waals surface area (Å²) in [4.78, 5) is 10.9. The fourth-order valence-electron chi connectivity index (χ4n) is 1.91. The van der Waals surface area contributed by atoms with E-state index in [2.05, 4.69) is 29.1 Å². The zero-order valence-corrected chi connectivity index (χ0v) is 11.9. The van der Waals surface area contributed by atoms with Crippen molar-refractivity contribution in [2.24, 2.45) is 0 Å². The molecule has 0 saturated carbocycles. The number of carbonyl (C=O) groups excluding carboxylic acids is 1. The van der Waals surface area contributed by atoms with Crippen LogP contribution in [-0.2, 0) is 9.53 Å². The molecule has 1 atom stereocenters. The van der Waals surface area contributed by atoms with Crippen molar-refractivity contribution in [3.63, 3.8) is 0 Å². The van der Waals surface area contributed by atoms with E-state index in [4.69, 9.17) is 4.74 Å². The van der Waals surface area contributed by atoms with Gasteiger partial charge in [-0.2, -0.15) is 0 Å². The van der Waals surface area contributed by atoms with Crippen molar-refractivity contribution >= 4 is 5.97 Å². The molecule has 0 fully saturated rings. The van der Waals surface area contributed by atoms with Crippen LogP contribution in [0.2, 0.25) is 0 Å². The van der Waals surface area contributed by atoms with E-state index in [-0.39, 0.29) is 5.97 Å². The fourth-order valence-corrected chi connectivity index (χ4v) is 1.91. The highest BCUT2D eigenvalue weighted by atomic mass is 16.5. The minimum atomic E-state index is -0.196. The number of ether oxygens (including phenoxy) is 2. The normalized spacial score (nSPS) is 11.9. The monoisotopic (exact) mass is 265 g/mol. The highest BCUT2D eigenvalue weighted by molar-refractivity contribution is 5.69. The van der Waals surface area contributed by atoms with Gasteiger partial charge >= 0.3 is 5.97 Å². The summed E-state index contributed by atoms with van der Waals surface area (Å²) in [6.07, 6.45) is 2.12. The number of hydrogen-bond donors (Lipinski definition) is 1. The van der Waals surface area contributed by atoms with Gasteiger partial charge in [0.25, 0.3) is 0 Å². The largest absolute Gasteiger partial charge is 0.494 e.